The molecule has 3 heterocycles. The minimum absolute atomic E-state index is 0.723. The molecule has 0 spiro atoms. The number of anilines is 1. The van der Waals surface area contributed by atoms with E-state index in [4.69, 9.17) is 0 Å². The topological polar surface area (TPSA) is 46.8 Å². The normalized spacial score (nSPS) is 16.8. The summed E-state index contributed by atoms with van der Waals surface area (Å²) in [6.07, 6.45) is 11.7. The first kappa shape index (κ1) is 12.6. The molecule has 0 N–H and O–H groups in total. The van der Waals surface area contributed by atoms with Crippen molar-refractivity contribution in [2.24, 2.45) is 5.92 Å². The smallest absolute Gasteiger partial charge is 0.225 e. The lowest BCUT2D eigenvalue weighted by molar-refractivity contribution is 0.354. The van der Waals surface area contributed by atoms with Gasteiger partial charge in [0.25, 0.3) is 0 Å². The van der Waals surface area contributed by atoms with Crippen molar-refractivity contribution >= 4 is 21.9 Å². The Morgan fingerprint density at radius 3 is 2.58 bits per heavy atom. The lowest BCUT2D eigenvalue weighted by atomic mass is 9.97. The van der Waals surface area contributed by atoms with Gasteiger partial charge in [0.15, 0.2) is 0 Å². The number of hydrogen-bond donors (Lipinski definition) is 0. The van der Waals surface area contributed by atoms with E-state index in [2.05, 4.69) is 40.3 Å². The van der Waals surface area contributed by atoms with E-state index in [1.807, 2.05) is 18.7 Å². The van der Waals surface area contributed by atoms with Crippen LogP contribution in [0.2, 0.25) is 0 Å². The van der Waals surface area contributed by atoms with E-state index in [9.17, 15) is 0 Å². The number of hydrogen-bond acceptors (Lipinski definition) is 4. The minimum Gasteiger partial charge on any atom is -0.341 e. The Labute approximate surface area is 120 Å². The Bertz CT molecular complexity index is 502. The van der Waals surface area contributed by atoms with Gasteiger partial charge in [-0.15, -0.1) is 0 Å². The van der Waals surface area contributed by atoms with Gasteiger partial charge in [0.05, 0.1) is 10.8 Å². The molecule has 5 nitrogen and oxygen atoms in total. The van der Waals surface area contributed by atoms with Gasteiger partial charge in [0.2, 0.25) is 5.95 Å². The molecule has 0 amide bonds. The van der Waals surface area contributed by atoms with Crippen LogP contribution >= 0.6 is 15.9 Å². The molecular weight excluding hydrogens is 306 g/mol. The summed E-state index contributed by atoms with van der Waals surface area (Å²) < 4.78 is 3.09. The maximum Gasteiger partial charge on any atom is 0.225 e. The fourth-order valence-electron chi connectivity index (χ4n) is 2.48. The SMILES string of the molecule is Brc1cnc(N2CCC(Cn3ccnc3)CC2)nc1. The fraction of sp³-hybridized carbons (Fsp3) is 0.462. The molecule has 0 aromatic carbocycles. The monoisotopic (exact) mass is 321 g/mol. The van der Waals surface area contributed by atoms with Crippen LogP contribution < -0.4 is 4.90 Å². The first-order valence-corrected chi connectivity index (χ1v) is 7.29. The van der Waals surface area contributed by atoms with Crippen LogP contribution in [0.3, 0.4) is 0 Å². The second-order valence-corrected chi connectivity index (χ2v) is 5.81. The van der Waals surface area contributed by atoms with Gasteiger partial charge in [-0.2, -0.15) is 0 Å². The Hall–Kier alpha value is -1.43. The number of aromatic nitrogens is 4. The van der Waals surface area contributed by atoms with Gasteiger partial charge in [0.1, 0.15) is 0 Å². The van der Waals surface area contributed by atoms with E-state index in [0.29, 0.717) is 0 Å². The van der Waals surface area contributed by atoms with Crippen LogP contribution in [0.1, 0.15) is 12.8 Å². The van der Waals surface area contributed by atoms with Gasteiger partial charge in [-0.05, 0) is 34.7 Å². The highest BCUT2D eigenvalue weighted by molar-refractivity contribution is 9.10. The van der Waals surface area contributed by atoms with Crippen LogP contribution in [0.4, 0.5) is 5.95 Å². The van der Waals surface area contributed by atoms with Crippen LogP contribution in [-0.4, -0.2) is 32.6 Å². The standard InChI is InChI=1S/C13H16BrN5/c14-12-7-16-13(17-8-12)19-4-1-11(2-5-19)9-18-6-3-15-10-18/h3,6-8,10-11H,1-2,4-5,9H2. The van der Waals surface area contributed by atoms with Gasteiger partial charge in [-0.25, -0.2) is 15.0 Å². The van der Waals surface area contributed by atoms with Gasteiger partial charge in [-0.3, -0.25) is 0 Å². The lowest BCUT2D eigenvalue weighted by Gasteiger charge is -2.32. The minimum atomic E-state index is 0.723. The molecule has 1 aliphatic rings. The zero-order chi connectivity index (χ0) is 13.1. The van der Waals surface area contributed by atoms with Crippen LogP contribution in [0.25, 0.3) is 0 Å². The van der Waals surface area contributed by atoms with Crippen molar-refractivity contribution in [1.29, 1.82) is 0 Å². The largest absolute Gasteiger partial charge is 0.341 e. The molecule has 0 unspecified atom stereocenters. The number of rotatable bonds is 3. The van der Waals surface area contributed by atoms with Crippen LogP contribution in [-0.2, 0) is 6.54 Å². The van der Waals surface area contributed by atoms with E-state index >= 15 is 0 Å². The van der Waals surface area contributed by atoms with Crippen molar-refractivity contribution in [1.82, 2.24) is 19.5 Å². The highest BCUT2D eigenvalue weighted by Gasteiger charge is 2.20. The molecule has 0 radical (unpaired) electrons. The number of imidazole rings is 1. The van der Waals surface area contributed by atoms with Crippen molar-refractivity contribution in [2.45, 2.75) is 19.4 Å². The number of nitrogens with zero attached hydrogens (tertiary/aromatic N) is 5. The summed E-state index contributed by atoms with van der Waals surface area (Å²) in [6.45, 7) is 3.12. The molecule has 3 rings (SSSR count). The van der Waals surface area contributed by atoms with Gasteiger partial charge in [0, 0.05) is 44.4 Å². The molecule has 2 aromatic heterocycles. The molecule has 1 aliphatic heterocycles. The first-order chi connectivity index (χ1) is 9.31. The van der Waals surface area contributed by atoms with Crippen molar-refractivity contribution in [3.8, 4) is 0 Å². The van der Waals surface area contributed by atoms with Crippen molar-refractivity contribution in [2.75, 3.05) is 18.0 Å². The number of halogens is 1. The van der Waals surface area contributed by atoms with Crippen molar-refractivity contribution in [3.63, 3.8) is 0 Å². The van der Waals surface area contributed by atoms with E-state index in [-0.39, 0.29) is 0 Å². The summed E-state index contributed by atoms with van der Waals surface area (Å²) >= 11 is 3.36. The quantitative estimate of drug-likeness (QED) is 0.870. The summed E-state index contributed by atoms with van der Waals surface area (Å²) in [7, 11) is 0. The molecule has 19 heavy (non-hydrogen) atoms. The molecular formula is C13H16BrN5. The molecule has 1 fully saturated rings. The second-order valence-electron chi connectivity index (χ2n) is 4.89. The van der Waals surface area contributed by atoms with Gasteiger partial charge in [-0.1, -0.05) is 0 Å². The predicted octanol–water partition coefficient (Wildman–Crippen LogP) is 2.35. The summed E-state index contributed by atoms with van der Waals surface area (Å²) in [5.74, 6) is 1.56. The Kier molecular flexibility index (Phi) is 3.77. The molecule has 0 atom stereocenters. The maximum atomic E-state index is 4.36. The summed E-state index contributed by atoms with van der Waals surface area (Å²) in [6, 6.07) is 0. The van der Waals surface area contributed by atoms with Crippen LogP contribution in [0.5, 0.6) is 0 Å². The molecule has 6 heteroatoms. The molecule has 0 saturated carbocycles. The van der Waals surface area contributed by atoms with Crippen molar-refractivity contribution < 1.29 is 0 Å². The summed E-state index contributed by atoms with van der Waals surface area (Å²) in [4.78, 5) is 15.1. The molecule has 0 aliphatic carbocycles. The third-order valence-corrected chi connectivity index (χ3v) is 3.94. The Balaban J connectivity index is 1.56. The van der Waals surface area contributed by atoms with E-state index < -0.39 is 0 Å². The van der Waals surface area contributed by atoms with E-state index in [0.717, 1.165) is 36.0 Å². The van der Waals surface area contributed by atoms with E-state index in [1.54, 1.807) is 12.4 Å². The predicted molar refractivity (Wildman–Crippen MR) is 76.9 cm³/mol. The third kappa shape index (κ3) is 3.12. The van der Waals surface area contributed by atoms with Crippen LogP contribution in [0.15, 0.2) is 35.6 Å². The first-order valence-electron chi connectivity index (χ1n) is 6.49. The second kappa shape index (κ2) is 5.69. The van der Waals surface area contributed by atoms with E-state index in [1.165, 1.54) is 12.8 Å². The zero-order valence-corrected chi connectivity index (χ0v) is 12.2. The molecule has 0 bridgehead atoms. The number of piperidine rings is 1. The average molecular weight is 322 g/mol. The molecule has 2 aromatic rings. The van der Waals surface area contributed by atoms with Gasteiger partial charge < -0.3 is 9.47 Å². The third-order valence-electron chi connectivity index (χ3n) is 3.53. The summed E-state index contributed by atoms with van der Waals surface area (Å²) in [5, 5.41) is 0. The van der Waals surface area contributed by atoms with Crippen molar-refractivity contribution in [3.05, 3.63) is 35.6 Å². The maximum absolute atomic E-state index is 4.36. The average Bonchev–Trinajstić information content (AvgIpc) is 2.94. The highest BCUT2D eigenvalue weighted by atomic mass is 79.9. The summed E-state index contributed by atoms with van der Waals surface area (Å²) in [5.41, 5.74) is 0. The molecule has 1 saturated heterocycles. The lowest BCUT2D eigenvalue weighted by Crippen LogP contribution is -2.35. The van der Waals surface area contributed by atoms with Crippen LogP contribution in [0, 0.1) is 5.92 Å². The zero-order valence-electron chi connectivity index (χ0n) is 10.6. The Morgan fingerprint density at radius 2 is 1.95 bits per heavy atom. The van der Waals surface area contributed by atoms with Gasteiger partial charge >= 0.3 is 0 Å². The Morgan fingerprint density at radius 1 is 1.21 bits per heavy atom. The highest BCUT2D eigenvalue weighted by Crippen LogP contribution is 2.22. The molecule has 100 valence electrons. The fourth-order valence-corrected chi connectivity index (χ4v) is 2.68.